The first-order chi connectivity index (χ1) is 10.4. The van der Waals surface area contributed by atoms with Crippen LogP contribution in [0.2, 0.25) is 0 Å². The summed E-state index contributed by atoms with van der Waals surface area (Å²) in [4.78, 5) is 22.9. The van der Waals surface area contributed by atoms with Gasteiger partial charge in [0.1, 0.15) is 17.8 Å². The molecule has 3 heterocycles. The molecule has 3 rings (SSSR count). The van der Waals surface area contributed by atoms with E-state index in [9.17, 15) is 18.0 Å². The van der Waals surface area contributed by atoms with Crippen molar-refractivity contribution in [3.05, 3.63) is 18.1 Å². The van der Waals surface area contributed by atoms with Crippen molar-refractivity contribution < 1.29 is 18.0 Å². The highest BCUT2D eigenvalue weighted by Crippen LogP contribution is 2.31. The van der Waals surface area contributed by atoms with Gasteiger partial charge in [-0.3, -0.25) is 4.79 Å². The van der Waals surface area contributed by atoms with Gasteiger partial charge in [-0.15, -0.1) is 0 Å². The Kier molecular flexibility index (Phi) is 3.92. The van der Waals surface area contributed by atoms with Crippen molar-refractivity contribution in [3.63, 3.8) is 0 Å². The van der Waals surface area contributed by atoms with Crippen LogP contribution in [-0.2, 0) is 11.0 Å². The number of piperidine rings is 1. The molecule has 1 aromatic rings. The van der Waals surface area contributed by atoms with E-state index in [1.54, 1.807) is 4.90 Å². The van der Waals surface area contributed by atoms with Gasteiger partial charge in [0.2, 0.25) is 5.91 Å². The fourth-order valence-electron chi connectivity index (χ4n) is 2.87. The molecule has 2 aliphatic rings. The highest BCUT2D eigenvalue weighted by atomic mass is 19.4. The van der Waals surface area contributed by atoms with Gasteiger partial charge < -0.3 is 9.80 Å². The Morgan fingerprint density at radius 1 is 1.14 bits per heavy atom. The van der Waals surface area contributed by atoms with Crippen LogP contribution in [0.4, 0.5) is 19.0 Å². The van der Waals surface area contributed by atoms with Crippen LogP contribution in [0.15, 0.2) is 12.4 Å². The molecule has 0 aliphatic carbocycles. The molecule has 1 amide bonds. The lowest BCUT2D eigenvalue weighted by Gasteiger charge is -2.42. The van der Waals surface area contributed by atoms with E-state index in [2.05, 4.69) is 9.97 Å². The molecule has 0 unspecified atom stereocenters. The maximum atomic E-state index is 12.6. The molecule has 120 valence electrons. The Morgan fingerprint density at radius 3 is 2.45 bits per heavy atom. The van der Waals surface area contributed by atoms with E-state index in [4.69, 9.17) is 0 Å². The Morgan fingerprint density at radius 2 is 1.82 bits per heavy atom. The SMILES string of the molecule is O=C(C1CN(c2cc(C(F)(F)F)ncn2)C1)N1CCCCC1. The number of amides is 1. The van der Waals surface area contributed by atoms with Gasteiger partial charge in [-0.2, -0.15) is 13.2 Å². The summed E-state index contributed by atoms with van der Waals surface area (Å²) in [6, 6.07) is 0.932. The van der Waals surface area contributed by atoms with Crippen LogP contribution in [0, 0.1) is 5.92 Å². The van der Waals surface area contributed by atoms with E-state index in [1.165, 1.54) is 0 Å². The molecule has 22 heavy (non-hydrogen) atoms. The number of hydrogen-bond acceptors (Lipinski definition) is 4. The molecule has 2 aliphatic heterocycles. The summed E-state index contributed by atoms with van der Waals surface area (Å²) >= 11 is 0. The Hall–Kier alpha value is -1.86. The molecule has 0 bridgehead atoms. The van der Waals surface area contributed by atoms with Gasteiger partial charge >= 0.3 is 6.18 Å². The van der Waals surface area contributed by atoms with Crippen LogP contribution in [0.25, 0.3) is 0 Å². The van der Waals surface area contributed by atoms with Crippen LogP contribution in [0.5, 0.6) is 0 Å². The smallest absolute Gasteiger partial charge is 0.355 e. The highest BCUT2D eigenvalue weighted by molar-refractivity contribution is 5.82. The fourth-order valence-corrected chi connectivity index (χ4v) is 2.87. The molecule has 0 atom stereocenters. The minimum Gasteiger partial charge on any atom is -0.355 e. The van der Waals surface area contributed by atoms with Crippen molar-refractivity contribution in [1.82, 2.24) is 14.9 Å². The lowest BCUT2D eigenvalue weighted by atomic mass is 9.97. The standard InChI is InChI=1S/C14H17F3N4O/c15-14(16,17)11-6-12(19-9-18-11)21-7-10(8-21)13(22)20-4-2-1-3-5-20/h6,9-10H,1-5,7-8H2. The maximum absolute atomic E-state index is 12.6. The molecule has 1 aromatic heterocycles. The van der Waals surface area contributed by atoms with Crippen LogP contribution in [0.3, 0.4) is 0 Å². The highest BCUT2D eigenvalue weighted by Gasteiger charge is 2.38. The van der Waals surface area contributed by atoms with Crippen LogP contribution in [-0.4, -0.2) is 47.0 Å². The van der Waals surface area contributed by atoms with Crippen LogP contribution >= 0.6 is 0 Å². The van der Waals surface area contributed by atoms with Crippen molar-refractivity contribution in [2.75, 3.05) is 31.1 Å². The molecular formula is C14H17F3N4O. The number of halogens is 3. The van der Waals surface area contributed by atoms with Gasteiger partial charge in [-0.25, -0.2) is 9.97 Å². The molecule has 8 heteroatoms. The van der Waals surface area contributed by atoms with E-state index in [0.29, 0.717) is 13.1 Å². The van der Waals surface area contributed by atoms with Gasteiger partial charge in [0, 0.05) is 32.2 Å². The summed E-state index contributed by atoms with van der Waals surface area (Å²) in [6.07, 6.45) is -0.350. The van der Waals surface area contributed by atoms with E-state index in [0.717, 1.165) is 44.7 Å². The molecular weight excluding hydrogens is 297 g/mol. The second-order valence-corrected chi connectivity index (χ2v) is 5.75. The second-order valence-electron chi connectivity index (χ2n) is 5.75. The zero-order chi connectivity index (χ0) is 15.7. The summed E-state index contributed by atoms with van der Waals surface area (Å²) in [7, 11) is 0. The zero-order valence-corrected chi connectivity index (χ0v) is 12.0. The monoisotopic (exact) mass is 314 g/mol. The van der Waals surface area contributed by atoms with Crippen LogP contribution < -0.4 is 4.90 Å². The summed E-state index contributed by atoms with van der Waals surface area (Å²) in [5.74, 6) is 0.202. The third-order valence-corrected chi connectivity index (χ3v) is 4.17. The molecule has 0 radical (unpaired) electrons. The number of anilines is 1. The van der Waals surface area contributed by atoms with Crippen LogP contribution in [0.1, 0.15) is 25.0 Å². The number of aromatic nitrogens is 2. The lowest BCUT2D eigenvalue weighted by molar-refractivity contribution is -0.141. The first-order valence-electron chi connectivity index (χ1n) is 7.38. The molecule has 2 fully saturated rings. The van der Waals surface area contributed by atoms with Gasteiger partial charge in [0.05, 0.1) is 5.92 Å². The Labute approximate surface area is 126 Å². The minimum atomic E-state index is -4.48. The van der Waals surface area contributed by atoms with Gasteiger partial charge in [-0.05, 0) is 19.3 Å². The van der Waals surface area contributed by atoms with E-state index < -0.39 is 11.9 Å². The van der Waals surface area contributed by atoms with Crippen molar-refractivity contribution in [1.29, 1.82) is 0 Å². The topological polar surface area (TPSA) is 49.3 Å². The fraction of sp³-hybridized carbons (Fsp3) is 0.643. The summed E-state index contributed by atoms with van der Waals surface area (Å²) in [5.41, 5.74) is -0.955. The predicted octanol–water partition coefficient (Wildman–Crippen LogP) is 1.94. The number of rotatable bonds is 2. The van der Waals surface area contributed by atoms with Gasteiger partial charge in [0.15, 0.2) is 0 Å². The average Bonchev–Trinajstić information content (AvgIpc) is 2.46. The Bertz CT molecular complexity index is 551. The molecule has 0 spiro atoms. The number of nitrogens with zero attached hydrogens (tertiary/aromatic N) is 4. The second kappa shape index (κ2) is 5.73. The van der Waals surface area contributed by atoms with E-state index in [1.807, 2.05) is 4.90 Å². The van der Waals surface area contributed by atoms with Crippen molar-refractivity contribution in [2.45, 2.75) is 25.4 Å². The number of carbonyl (C=O) groups is 1. The van der Waals surface area contributed by atoms with Crippen molar-refractivity contribution in [2.24, 2.45) is 5.92 Å². The number of alkyl halides is 3. The first kappa shape index (κ1) is 15.1. The quantitative estimate of drug-likeness (QED) is 0.837. The molecule has 0 aromatic carbocycles. The number of carbonyl (C=O) groups excluding carboxylic acids is 1. The third-order valence-electron chi connectivity index (χ3n) is 4.17. The van der Waals surface area contributed by atoms with Crippen molar-refractivity contribution >= 4 is 11.7 Å². The maximum Gasteiger partial charge on any atom is 0.433 e. The normalized spacial score (nSPS) is 20.0. The number of likely N-dealkylation sites (tertiary alicyclic amines) is 1. The van der Waals surface area contributed by atoms with Gasteiger partial charge in [-0.1, -0.05) is 0 Å². The molecule has 2 saturated heterocycles. The summed E-state index contributed by atoms with van der Waals surface area (Å²) < 4.78 is 37.9. The van der Waals surface area contributed by atoms with Gasteiger partial charge in [0.25, 0.3) is 0 Å². The van der Waals surface area contributed by atoms with E-state index >= 15 is 0 Å². The summed E-state index contributed by atoms with van der Waals surface area (Å²) in [5, 5.41) is 0. The average molecular weight is 314 g/mol. The largest absolute Gasteiger partial charge is 0.433 e. The third kappa shape index (κ3) is 3.00. The van der Waals surface area contributed by atoms with Crippen molar-refractivity contribution in [3.8, 4) is 0 Å². The lowest BCUT2D eigenvalue weighted by Crippen LogP contribution is -2.55. The molecule has 5 nitrogen and oxygen atoms in total. The minimum absolute atomic E-state index is 0.112. The predicted molar refractivity (Wildman–Crippen MR) is 73.2 cm³/mol. The Balaban J connectivity index is 1.60. The first-order valence-corrected chi connectivity index (χ1v) is 7.38. The molecule has 0 N–H and O–H groups in total. The number of hydrogen-bond donors (Lipinski definition) is 0. The van der Waals surface area contributed by atoms with E-state index in [-0.39, 0.29) is 17.6 Å². The molecule has 0 saturated carbocycles. The summed E-state index contributed by atoms with van der Waals surface area (Å²) in [6.45, 7) is 2.43. The zero-order valence-electron chi connectivity index (χ0n) is 12.0.